The first-order valence-electron chi connectivity index (χ1n) is 8.98. The molecule has 1 aliphatic rings. The molecule has 1 heterocycles. The van der Waals surface area contributed by atoms with E-state index in [0.29, 0.717) is 17.9 Å². The Bertz CT molecular complexity index is 334. The van der Waals surface area contributed by atoms with E-state index in [0.717, 1.165) is 38.6 Å². The SMILES string of the molecule is CCNC(=NCC1CCCOC1C(C)(C)C)NCCC(C)C. The molecular weight excluding hydrogens is 274 g/mol. The topological polar surface area (TPSA) is 45.7 Å². The van der Waals surface area contributed by atoms with Crippen molar-refractivity contribution in [3.05, 3.63) is 0 Å². The van der Waals surface area contributed by atoms with Gasteiger partial charge in [0.25, 0.3) is 0 Å². The zero-order valence-corrected chi connectivity index (χ0v) is 15.5. The molecule has 0 spiro atoms. The predicted octanol–water partition coefficient (Wildman–Crippen LogP) is 3.43. The molecule has 4 heteroatoms. The van der Waals surface area contributed by atoms with Gasteiger partial charge in [0.15, 0.2) is 5.96 Å². The monoisotopic (exact) mass is 311 g/mol. The van der Waals surface area contributed by atoms with Crippen molar-refractivity contribution in [1.82, 2.24) is 10.6 Å². The minimum atomic E-state index is 0.185. The molecule has 130 valence electrons. The van der Waals surface area contributed by atoms with Crippen LogP contribution in [0.1, 0.15) is 60.8 Å². The van der Waals surface area contributed by atoms with Gasteiger partial charge in [-0.05, 0) is 37.5 Å². The number of ether oxygens (including phenoxy) is 1. The van der Waals surface area contributed by atoms with Crippen LogP contribution in [-0.2, 0) is 4.74 Å². The van der Waals surface area contributed by atoms with E-state index in [2.05, 4.69) is 52.2 Å². The van der Waals surface area contributed by atoms with Crippen molar-refractivity contribution in [1.29, 1.82) is 0 Å². The molecule has 0 amide bonds. The Morgan fingerprint density at radius 1 is 1.27 bits per heavy atom. The predicted molar refractivity (Wildman–Crippen MR) is 95.4 cm³/mol. The highest BCUT2D eigenvalue weighted by Gasteiger charge is 2.35. The molecule has 0 aliphatic carbocycles. The molecular formula is C18H37N3O. The molecule has 0 aromatic rings. The van der Waals surface area contributed by atoms with E-state index in [1.54, 1.807) is 0 Å². The second-order valence-corrected chi connectivity index (χ2v) is 7.89. The summed E-state index contributed by atoms with van der Waals surface area (Å²) in [4.78, 5) is 4.81. The van der Waals surface area contributed by atoms with Crippen LogP contribution in [0.4, 0.5) is 0 Å². The fourth-order valence-electron chi connectivity index (χ4n) is 3.02. The maximum Gasteiger partial charge on any atom is 0.191 e. The maximum absolute atomic E-state index is 6.05. The van der Waals surface area contributed by atoms with Crippen LogP contribution in [0.15, 0.2) is 4.99 Å². The van der Waals surface area contributed by atoms with Crippen LogP contribution in [0.5, 0.6) is 0 Å². The fourth-order valence-corrected chi connectivity index (χ4v) is 3.02. The van der Waals surface area contributed by atoms with Crippen molar-refractivity contribution >= 4 is 5.96 Å². The second kappa shape index (κ2) is 9.39. The van der Waals surface area contributed by atoms with Crippen LogP contribution in [-0.4, -0.2) is 38.3 Å². The summed E-state index contributed by atoms with van der Waals surface area (Å²) in [6.07, 6.45) is 3.85. The Hall–Kier alpha value is -0.770. The van der Waals surface area contributed by atoms with Gasteiger partial charge in [-0.25, -0.2) is 0 Å². The molecule has 1 fully saturated rings. The third-order valence-electron chi connectivity index (χ3n) is 4.14. The lowest BCUT2D eigenvalue weighted by atomic mass is 9.78. The summed E-state index contributed by atoms with van der Waals surface area (Å²) in [6.45, 7) is 17.0. The minimum Gasteiger partial charge on any atom is -0.377 e. The molecule has 1 rings (SSSR count). The van der Waals surface area contributed by atoms with Gasteiger partial charge in [-0.15, -0.1) is 0 Å². The number of nitrogens with one attached hydrogen (secondary N) is 2. The van der Waals surface area contributed by atoms with Gasteiger partial charge in [0.2, 0.25) is 0 Å². The quantitative estimate of drug-likeness (QED) is 0.583. The van der Waals surface area contributed by atoms with Crippen molar-refractivity contribution in [3.8, 4) is 0 Å². The highest BCUT2D eigenvalue weighted by molar-refractivity contribution is 5.79. The Kier molecular flexibility index (Phi) is 8.23. The van der Waals surface area contributed by atoms with Crippen molar-refractivity contribution in [2.24, 2.45) is 22.2 Å². The van der Waals surface area contributed by atoms with Gasteiger partial charge < -0.3 is 15.4 Å². The number of aliphatic imine (C=N–C) groups is 1. The zero-order valence-electron chi connectivity index (χ0n) is 15.5. The zero-order chi connectivity index (χ0) is 16.6. The summed E-state index contributed by atoms with van der Waals surface area (Å²) >= 11 is 0. The van der Waals surface area contributed by atoms with Gasteiger partial charge >= 0.3 is 0 Å². The number of nitrogens with zero attached hydrogens (tertiary/aromatic N) is 1. The Morgan fingerprint density at radius 2 is 2.00 bits per heavy atom. The van der Waals surface area contributed by atoms with Crippen LogP contribution in [0.25, 0.3) is 0 Å². The van der Waals surface area contributed by atoms with Gasteiger partial charge in [-0.3, -0.25) is 4.99 Å². The number of hydrogen-bond donors (Lipinski definition) is 2. The Labute approximate surface area is 137 Å². The lowest BCUT2D eigenvalue weighted by Crippen LogP contribution is -2.43. The first kappa shape index (κ1) is 19.3. The van der Waals surface area contributed by atoms with E-state index >= 15 is 0 Å². The summed E-state index contributed by atoms with van der Waals surface area (Å²) < 4.78 is 6.05. The molecule has 1 aliphatic heterocycles. The molecule has 0 radical (unpaired) electrons. The third-order valence-corrected chi connectivity index (χ3v) is 4.14. The molecule has 0 aromatic heterocycles. The van der Waals surface area contributed by atoms with E-state index in [9.17, 15) is 0 Å². The van der Waals surface area contributed by atoms with Gasteiger partial charge in [-0.2, -0.15) is 0 Å². The first-order valence-corrected chi connectivity index (χ1v) is 8.98. The van der Waals surface area contributed by atoms with Crippen molar-refractivity contribution < 1.29 is 4.74 Å². The van der Waals surface area contributed by atoms with Crippen molar-refractivity contribution in [2.75, 3.05) is 26.2 Å². The molecule has 2 N–H and O–H groups in total. The summed E-state index contributed by atoms with van der Waals surface area (Å²) in [6, 6.07) is 0. The lowest BCUT2D eigenvalue weighted by Gasteiger charge is -2.39. The van der Waals surface area contributed by atoms with Crippen LogP contribution < -0.4 is 10.6 Å². The van der Waals surface area contributed by atoms with Gasteiger partial charge in [0.05, 0.1) is 6.10 Å². The lowest BCUT2D eigenvalue weighted by molar-refractivity contribution is -0.0823. The summed E-state index contributed by atoms with van der Waals surface area (Å²) in [7, 11) is 0. The standard InChI is InChI=1S/C18H37N3O/c1-7-19-17(20-11-10-14(2)3)21-13-15-9-8-12-22-16(15)18(4,5)6/h14-16H,7-13H2,1-6H3,(H2,19,20,21). The molecule has 22 heavy (non-hydrogen) atoms. The maximum atomic E-state index is 6.05. The smallest absolute Gasteiger partial charge is 0.191 e. The first-order chi connectivity index (χ1) is 10.3. The van der Waals surface area contributed by atoms with E-state index in [1.807, 2.05) is 0 Å². The van der Waals surface area contributed by atoms with Crippen molar-refractivity contribution in [3.63, 3.8) is 0 Å². The average molecular weight is 312 g/mol. The highest BCUT2D eigenvalue weighted by Crippen LogP contribution is 2.34. The Morgan fingerprint density at radius 3 is 2.59 bits per heavy atom. The van der Waals surface area contributed by atoms with Crippen molar-refractivity contribution in [2.45, 2.75) is 66.9 Å². The second-order valence-electron chi connectivity index (χ2n) is 7.89. The number of hydrogen-bond acceptors (Lipinski definition) is 2. The van der Waals surface area contributed by atoms with E-state index in [4.69, 9.17) is 9.73 Å². The Balaban J connectivity index is 2.58. The summed E-state index contributed by atoms with van der Waals surface area (Å²) in [5.41, 5.74) is 0.185. The van der Waals surface area contributed by atoms with Gasteiger partial charge in [-0.1, -0.05) is 34.6 Å². The number of guanidine groups is 1. The molecule has 2 unspecified atom stereocenters. The molecule has 1 saturated heterocycles. The van der Waals surface area contributed by atoms with Gasteiger partial charge in [0, 0.05) is 32.2 Å². The summed E-state index contributed by atoms with van der Waals surface area (Å²) in [5, 5.41) is 6.79. The van der Waals surface area contributed by atoms with Crippen LogP contribution in [0, 0.1) is 17.3 Å². The van der Waals surface area contributed by atoms with Crippen LogP contribution in [0.3, 0.4) is 0 Å². The van der Waals surface area contributed by atoms with E-state index in [-0.39, 0.29) is 5.41 Å². The largest absolute Gasteiger partial charge is 0.377 e. The molecule has 4 nitrogen and oxygen atoms in total. The van der Waals surface area contributed by atoms with E-state index < -0.39 is 0 Å². The molecule has 0 aromatic carbocycles. The third kappa shape index (κ3) is 6.99. The van der Waals surface area contributed by atoms with Gasteiger partial charge in [0.1, 0.15) is 0 Å². The average Bonchev–Trinajstić information content (AvgIpc) is 2.43. The summed E-state index contributed by atoms with van der Waals surface area (Å²) in [5.74, 6) is 2.18. The highest BCUT2D eigenvalue weighted by atomic mass is 16.5. The normalized spacial score (nSPS) is 23.7. The molecule has 0 saturated carbocycles. The van der Waals surface area contributed by atoms with E-state index in [1.165, 1.54) is 12.8 Å². The molecule has 2 atom stereocenters. The number of rotatable bonds is 6. The minimum absolute atomic E-state index is 0.185. The van der Waals surface area contributed by atoms with Crippen LogP contribution >= 0.6 is 0 Å². The van der Waals surface area contributed by atoms with Crippen LogP contribution in [0.2, 0.25) is 0 Å². The molecule has 0 bridgehead atoms. The fraction of sp³-hybridized carbons (Fsp3) is 0.944.